The molecule has 7 nitrogen and oxygen atoms in total. The minimum absolute atomic E-state index is 0.180. The van der Waals surface area contributed by atoms with Crippen molar-refractivity contribution in [3.8, 4) is 5.82 Å². The maximum absolute atomic E-state index is 12.6. The number of aryl methyl sites for hydroxylation is 2. The number of amides is 1. The predicted octanol–water partition coefficient (Wildman–Crippen LogP) is 2.48. The first kappa shape index (κ1) is 19.1. The number of aromatic nitrogens is 4. The number of hydrogen-bond donors (Lipinski definition) is 0. The van der Waals surface area contributed by atoms with Crippen molar-refractivity contribution in [1.82, 2.24) is 24.4 Å². The van der Waals surface area contributed by atoms with E-state index in [4.69, 9.17) is 0 Å². The summed E-state index contributed by atoms with van der Waals surface area (Å²) in [5, 5.41) is 0. The van der Waals surface area contributed by atoms with Gasteiger partial charge in [0.05, 0.1) is 12.1 Å². The van der Waals surface area contributed by atoms with E-state index in [2.05, 4.69) is 19.9 Å². The third kappa shape index (κ3) is 4.13. The van der Waals surface area contributed by atoms with E-state index in [1.165, 1.54) is 0 Å². The van der Waals surface area contributed by atoms with E-state index in [0.717, 1.165) is 47.5 Å². The molecular weight excluding hydrogens is 364 g/mol. The Kier molecular flexibility index (Phi) is 5.29. The quantitative estimate of drug-likeness (QED) is 0.685. The van der Waals surface area contributed by atoms with Crippen LogP contribution < -0.4 is 4.90 Å². The van der Waals surface area contributed by atoms with Gasteiger partial charge in [-0.05, 0) is 26.3 Å². The van der Waals surface area contributed by atoms with Crippen molar-refractivity contribution in [2.45, 2.75) is 27.2 Å². The molecule has 3 heterocycles. The van der Waals surface area contributed by atoms with Gasteiger partial charge in [0.1, 0.15) is 23.8 Å². The topological polar surface area (TPSA) is 67.2 Å². The highest BCUT2D eigenvalue weighted by atomic mass is 16.2. The average molecular weight is 390 g/mol. The number of carbonyl (C=O) groups is 1. The van der Waals surface area contributed by atoms with Gasteiger partial charge in [-0.3, -0.25) is 9.36 Å². The Morgan fingerprint density at radius 2 is 1.66 bits per heavy atom. The third-order valence-electron chi connectivity index (χ3n) is 5.46. The second kappa shape index (κ2) is 8.03. The van der Waals surface area contributed by atoms with Gasteiger partial charge in [-0.1, -0.05) is 30.3 Å². The number of hydrogen-bond acceptors (Lipinski definition) is 5. The van der Waals surface area contributed by atoms with Crippen LogP contribution in [0.2, 0.25) is 0 Å². The van der Waals surface area contributed by atoms with E-state index in [0.29, 0.717) is 19.5 Å². The molecule has 0 spiro atoms. The van der Waals surface area contributed by atoms with Crippen LogP contribution >= 0.6 is 0 Å². The van der Waals surface area contributed by atoms with Gasteiger partial charge >= 0.3 is 0 Å². The number of benzene rings is 1. The monoisotopic (exact) mass is 390 g/mol. The molecule has 7 heteroatoms. The molecule has 1 amide bonds. The molecule has 4 rings (SSSR count). The van der Waals surface area contributed by atoms with Crippen molar-refractivity contribution in [1.29, 1.82) is 0 Å². The lowest BCUT2D eigenvalue weighted by Gasteiger charge is -2.35. The van der Waals surface area contributed by atoms with Crippen molar-refractivity contribution in [2.24, 2.45) is 0 Å². The van der Waals surface area contributed by atoms with Gasteiger partial charge in [0.2, 0.25) is 5.91 Å². The number of anilines is 1. The minimum atomic E-state index is 0.180. The maximum Gasteiger partial charge on any atom is 0.227 e. The number of carbonyl (C=O) groups excluding carboxylic acids is 1. The first-order chi connectivity index (χ1) is 14.0. The Morgan fingerprint density at radius 1 is 0.966 bits per heavy atom. The molecule has 1 aliphatic heterocycles. The Bertz CT molecular complexity index is 1010. The fraction of sp³-hybridized carbons (Fsp3) is 0.364. The van der Waals surface area contributed by atoms with Gasteiger partial charge in [-0.25, -0.2) is 15.0 Å². The van der Waals surface area contributed by atoms with Gasteiger partial charge in [0.15, 0.2) is 0 Å². The molecule has 3 aromatic rings. The molecule has 0 N–H and O–H groups in total. The van der Waals surface area contributed by atoms with Gasteiger partial charge in [0, 0.05) is 37.9 Å². The second-order valence-corrected chi connectivity index (χ2v) is 7.45. The molecule has 1 aromatic carbocycles. The lowest BCUT2D eigenvalue weighted by molar-refractivity contribution is -0.130. The van der Waals surface area contributed by atoms with E-state index in [9.17, 15) is 4.79 Å². The Hall–Kier alpha value is -3.22. The van der Waals surface area contributed by atoms with Gasteiger partial charge in [-0.15, -0.1) is 0 Å². The Morgan fingerprint density at radius 3 is 2.31 bits per heavy atom. The zero-order chi connectivity index (χ0) is 20.4. The Balaban J connectivity index is 1.44. The summed E-state index contributed by atoms with van der Waals surface area (Å²) in [5.41, 5.74) is 3.13. The summed E-state index contributed by atoms with van der Waals surface area (Å²) >= 11 is 0. The Labute approximate surface area is 171 Å². The predicted molar refractivity (Wildman–Crippen MR) is 112 cm³/mol. The van der Waals surface area contributed by atoms with Crippen molar-refractivity contribution >= 4 is 11.7 Å². The molecule has 2 aromatic heterocycles. The van der Waals surface area contributed by atoms with Crippen LogP contribution in [0.15, 0.2) is 42.7 Å². The highest BCUT2D eigenvalue weighted by Gasteiger charge is 2.23. The number of nitrogens with zero attached hydrogens (tertiary/aromatic N) is 6. The summed E-state index contributed by atoms with van der Waals surface area (Å²) in [6.07, 6.45) is 2.26. The molecule has 1 aliphatic rings. The van der Waals surface area contributed by atoms with Crippen LogP contribution in [0.25, 0.3) is 5.82 Å². The van der Waals surface area contributed by atoms with Crippen LogP contribution in [-0.4, -0.2) is 56.5 Å². The molecular formula is C22H26N6O. The number of piperazine rings is 1. The standard InChI is InChI=1S/C22H26N6O/c1-16-17(2)28(15-23-16)21-14-20(24-18(3)25-21)26-9-11-27(12-10-26)22(29)13-19-7-5-4-6-8-19/h4-8,14-15H,9-13H2,1-3H3. The van der Waals surface area contributed by atoms with Crippen LogP contribution in [0.3, 0.4) is 0 Å². The van der Waals surface area contributed by atoms with Crippen LogP contribution in [0.4, 0.5) is 5.82 Å². The van der Waals surface area contributed by atoms with E-state index in [1.807, 2.05) is 66.6 Å². The zero-order valence-corrected chi connectivity index (χ0v) is 17.2. The highest BCUT2D eigenvalue weighted by molar-refractivity contribution is 5.79. The molecule has 0 saturated carbocycles. The first-order valence-corrected chi connectivity index (χ1v) is 9.94. The molecule has 150 valence electrons. The lowest BCUT2D eigenvalue weighted by Crippen LogP contribution is -2.49. The molecule has 29 heavy (non-hydrogen) atoms. The van der Waals surface area contributed by atoms with Crippen LogP contribution in [0.5, 0.6) is 0 Å². The van der Waals surface area contributed by atoms with E-state index in [-0.39, 0.29) is 5.91 Å². The lowest BCUT2D eigenvalue weighted by atomic mass is 10.1. The van der Waals surface area contributed by atoms with Crippen molar-refractivity contribution in [3.63, 3.8) is 0 Å². The summed E-state index contributed by atoms with van der Waals surface area (Å²) in [7, 11) is 0. The minimum Gasteiger partial charge on any atom is -0.353 e. The summed E-state index contributed by atoms with van der Waals surface area (Å²) in [6, 6.07) is 11.9. The van der Waals surface area contributed by atoms with Gasteiger partial charge < -0.3 is 9.80 Å². The van der Waals surface area contributed by atoms with Crippen LogP contribution in [0, 0.1) is 20.8 Å². The highest BCUT2D eigenvalue weighted by Crippen LogP contribution is 2.19. The van der Waals surface area contributed by atoms with Crippen LogP contribution in [0.1, 0.15) is 22.8 Å². The molecule has 0 bridgehead atoms. The zero-order valence-electron chi connectivity index (χ0n) is 17.2. The van der Waals surface area contributed by atoms with E-state index in [1.54, 1.807) is 6.33 Å². The largest absolute Gasteiger partial charge is 0.353 e. The van der Waals surface area contributed by atoms with Crippen LogP contribution in [-0.2, 0) is 11.2 Å². The van der Waals surface area contributed by atoms with Crippen molar-refractivity contribution in [2.75, 3.05) is 31.1 Å². The number of rotatable bonds is 4. The molecule has 0 unspecified atom stereocenters. The summed E-state index contributed by atoms with van der Waals surface area (Å²) < 4.78 is 1.99. The van der Waals surface area contributed by atoms with Crippen molar-refractivity contribution in [3.05, 3.63) is 65.5 Å². The van der Waals surface area contributed by atoms with Crippen molar-refractivity contribution < 1.29 is 4.79 Å². The SMILES string of the molecule is Cc1nc(N2CCN(C(=O)Cc3ccccc3)CC2)cc(-n2cnc(C)c2C)n1. The average Bonchev–Trinajstić information content (AvgIpc) is 3.07. The van der Waals surface area contributed by atoms with E-state index < -0.39 is 0 Å². The smallest absolute Gasteiger partial charge is 0.227 e. The maximum atomic E-state index is 12.6. The second-order valence-electron chi connectivity index (χ2n) is 7.45. The summed E-state index contributed by atoms with van der Waals surface area (Å²) in [5.74, 6) is 2.63. The molecule has 0 radical (unpaired) electrons. The first-order valence-electron chi connectivity index (χ1n) is 9.94. The van der Waals surface area contributed by atoms with Gasteiger partial charge in [-0.2, -0.15) is 0 Å². The van der Waals surface area contributed by atoms with Gasteiger partial charge in [0.25, 0.3) is 0 Å². The summed E-state index contributed by atoms with van der Waals surface area (Å²) in [6.45, 7) is 8.87. The molecule has 0 atom stereocenters. The molecule has 1 saturated heterocycles. The number of imidazole rings is 1. The molecule has 1 fully saturated rings. The third-order valence-corrected chi connectivity index (χ3v) is 5.46. The fourth-order valence-corrected chi connectivity index (χ4v) is 3.62. The summed E-state index contributed by atoms with van der Waals surface area (Å²) in [4.78, 5) is 30.4. The molecule has 0 aliphatic carbocycles. The van der Waals surface area contributed by atoms with E-state index >= 15 is 0 Å². The normalized spacial score (nSPS) is 14.3. The fourth-order valence-electron chi connectivity index (χ4n) is 3.62.